The maximum absolute atomic E-state index is 13.5. The predicted octanol–water partition coefficient (Wildman–Crippen LogP) is 1.37. The summed E-state index contributed by atoms with van der Waals surface area (Å²) in [7, 11) is 0. The van der Waals surface area contributed by atoms with E-state index in [0.29, 0.717) is 0 Å². The number of hydrogen-bond donors (Lipinski definition) is 1. The zero-order valence-corrected chi connectivity index (χ0v) is 9.43. The molecule has 0 bridgehead atoms. The van der Waals surface area contributed by atoms with E-state index in [2.05, 4.69) is 0 Å². The van der Waals surface area contributed by atoms with Crippen molar-refractivity contribution < 1.29 is 14.3 Å². The van der Waals surface area contributed by atoms with Gasteiger partial charge in [0.15, 0.2) is 0 Å². The van der Waals surface area contributed by atoms with E-state index in [1.807, 2.05) is 12.1 Å². The highest BCUT2D eigenvalue weighted by atomic mass is 19.1. The number of halogens is 1. The van der Waals surface area contributed by atoms with Crippen molar-refractivity contribution >= 4 is 5.97 Å². The van der Waals surface area contributed by atoms with Crippen LogP contribution >= 0.6 is 0 Å². The highest BCUT2D eigenvalue weighted by Crippen LogP contribution is 2.13. The Balaban J connectivity index is 2.95. The Morgan fingerprint density at radius 2 is 1.94 bits per heavy atom. The lowest BCUT2D eigenvalue weighted by Crippen LogP contribution is -2.24. The van der Waals surface area contributed by atoms with Crippen LogP contribution in [0.25, 0.3) is 0 Å². The van der Waals surface area contributed by atoms with Gasteiger partial charge < -0.3 is 5.11 Å². The Morgan fingerprint density at radius 1 is 1.33 bits per heavy atom. The van der Waals surface area contributed by atoms with Crippen molar-refractivity contribution in [1.29, 1.82) is 10.5 Å². The van der Waals surface area contributed by atoms with Gasteiger partial charge in [-0.05, 0) is 18.2 Å². The van der Waals surface area contributed by atoms with Gasteiger partial charge in [0, 0.05) is 12.1 Å². The van der Waals surface area contributed by atoms with Gasteiger partial charge in [-0.2, -0.15) is 10.5 Å². The standard InChI is InChI=1S/C12H10FN3O2/c13-11-2-1-9(12(17)18)7-10(11)8-16(5-3-14)6-4-15/h1-2,7H,5-6,8H2,(H,17,18). The van der Waals surface area contributed by atoms with Crippen molar-refractivity contribution in [2.75, 3.05) is 13.1 Å². The summed E-state index contributed by atoms with van der Waals surface area (Å²) in [4.78, 5) is 12.2. The molecule has 0 amide bonds. The monoisotopic (exact) mass is 247 g/mol. The Bertz CT molecular complexity index is 515. The van der Waals surface area contributed by atoms with Crippen LogP contribution in [0.15, 0.2) is 18.2 Å². The minimum atomic E-state index is -1.15. The predicted molar refractivity (Wildman–Crippen MR) is 59.9 cm³/mol. The van der Waals surface area contributed by atoms with Crippen LogP contribution in [-0.4, -0.2) is 29.1 Å². The van der Waals surface area contributed by atoms with Crippen molar-refractivity contribution in [3.05, 3.63) is 35.1 Å². The average Bonchev–Trinajstić information content (AvgIpc) is 2.32. The molecule has 0 aliphatic heterocycles. The first-order valence-electron chi connectivity index (χ1n) is 5.06. The van der Waals surface area contributed by atoms with Crippen LogP contribution in [0, 0.1) is 28.5 Å². The highest BCUT2D eigenvalue weighted by Gasteiger charge is 2.12. The lowest BCUT2D eigenvalue weighted by molar-refractivity contribution is 0.0696. The van der Waals surface area contributed by atoms with Crippen LogP contribution < -0.4 is 0 Å². The van der Waals surface area contributed by atoms with Crippen LogP contribution in [-0.2, 0) is 6.54 Å². The molecule has 5 nitrogen and oxygen atoms in total. The molecular weight excluding hydrogens is 237 g/mol. The largest absolute Gasteiger partial charge is 0.478 e. The third-order valence-electron chi connectivity index (χ3n) is 2.28. The number of nitriles is 2. The topological polar surface area (TPSA) is 88.1 Å². The molecule has 1 aromatic rings. The zero-order chi connectivity index (χ0) is 13.5. The Morgan fingerprint density at radius 3 is 2.44 bits per heavy atom. The number of aromatic carboxylic acids is 1. The average molecular weight is 247 g/mol. The highest BCUT2D eigenvalue weighted by molar-refractivity contribution is 5.87. The van der Waals surface area contributed by atoms with E-state index in [-0.39, 0.29) is 30.8 Å². The maximum atomic E-state index is 13.5. The lowest BCUT2D eigenvalue weighted by atomic mass is 10.1. The number of carbonyl (C=O) groups is 1. The summed E-state index contributed by atoms with van der Waals surface area (Å²) in [6.45, 7) is -0.0251. The first-order valence-corrected chi connectivity index (χ1v) is 5.06. The number of carboxylic acids is 1. The molecule has 1 rings (SSSR count). The molecule has 92 valence electrons. The van der Waals surface area contributed by atoms with Crippen LogP contribution in [0.4, 0.5) is 4.39 Å². The molecule has 0 aliphatic rings. The normalized spacial score (nSPS) is 9.78. The Hall–Kier alpha value is -2.44. The summed E-state index contributed by atoms with van der Waals surface area (Å²) in [5.74, 6) is -1.70. The van der Waals surface area contributed by atoms with E-state index in [4.69, 9.17) is 15.6 Å². The molecule has 0 saturated heterocycles. The SMILES string of the molecule is N#CCN(CC#N)Cc1cc(C(=O)O)ccc1F. The molecule has 0 saturated carbocycles. The summed E-state index contributed by atoms with van der Waals surface area (Å²) in [6.07, 6.45) is 0. The molecular formula is C12H10FN3O2. The quantitative estimate of drug-likeness (QED) is 0.794. The van der Waals surface area contributed by atoms with Crippen LogP contribution in [0.3, 0.4) is 0 Å². The maximum Gasteiger partial charge on any atom is 0.335 e. The van der Waals surface area contributed by atoms with Crippen LogP contribution in [0.5, 0.6) is 0 Å². The smallest absolute Gasteiger partial charge is 0.335 e. The van der Waals surface area contributed by atoms with Gasteiger partial charge in [0.25, 0.3) is 0 Å². The molecule has 0 heterocycles. The minimum Gasteiger partial charge on any atom is -0.478 e. The number of nitrogens with zero attached hydrogens (tertiary/aromatic N) is 3. The van der Waals surface area contributed by atoms with Gasteiger partial charge in [0.1, 0.15) is 5.82 Å². The molecule has 0 spiro atoms. The fourth-order valence-corrected chi connectivity index (χ4v) is 1.44. The molecule has 1 aromatic carbocycles. The summed E-state index contributed by atoms with van der Waals surface area (Å²) in [6, 6.07) is 7.17. The van der Waals surface area contributed by atoms with E-state index in [0.717, 1.165) is 6.07 Å². The van der Waals surface area contributed by atoms with Gasteiger partial charge in [-0.3, -0.25) is 4.90 Å². The molecule has 0 aliphatic carbocycles. The van der Waals surface area contributed by atoms with Crippen molar-refractivity contribution in [3.63, 3.8) is 0 Å². The molecule has 0 atom stereocenters. The second kappa shape index (κ2) is 6.33. The van der Waals surface area contributed by atoms with Gasteiger partial charge in [0.05, 0.1) is 30.8 Å². The third-order valence-corrected chi connectivity index (χ3v) is 2.28. The lowest BCUT2D eigenvalue weighted by Gasteiger charge is -2.15. The molecule has 0 unspecified atom stereocenters. The Kier molecular flexibility index (Phi) is 4.79. The number of carboxylic acid groups (broad SMARTS) is 1. The second-order valence-corrected chi connectivity index (χ2v) is 3.57. The Labute approximate surface area is 103 Å². The molecule has 0 aromatic heterocycles. The van der Waals surface area contributed by atoms with E-state index >= 15 is 0 Å². The van der Waals surface area contributed by atoms with E-state index in [1.165, 1.54) is 17.0 Å². The van der Waals surface area contributed by atoms with Gasteiger partial charge >= 0.3 is 5.97 Å². The summed E-state index contributed by atoms with van der Waals surface area (Å²) < 4.78 is 13.5. The summed E-state index contributed by atoms with van der Waals surface area (Å²) in [5, 5.41) is 25.9. The van der Waals surface area contributed by atoms with Gasteiger partial charge in [0.2, 0.25) is 0 Å². The minimum absolute atomic E-state index is 0.0219. The number of hydrogen-bond acceptors (Lipinski definition) is 4. The summed E-state index contributed by atoms with van der Waals surface area (Å²) in [5.41, 5.74) is 0.126. The first-order chi connectivity index (χ1) is 8.58. The van der Waals surface area contributed by atoms with Crippen LogP contribution in [0.1, 0.15) is 15.9 Å². The fraction of sp³-hybridized carbons (Fsp3) is 0.250. The molecule has 18 heavy (non-hydrogen) atoms. The molecule has 6 heteroatoms. The van der Waals surface area contributed by atoms with Crippen LogP contribution in [0.2, 0.25) is 0 Å². The second-order valence-electron chi connectivity index (χ2n) is 3.57. The van der Waals surface area contributed by atoms with Crippen molar-refractivity contribution in [3.8, 4) is 12.1 Å². The van der Waals surface area contributed by atoms with E-state index in [9.17, 15) is 9.18 Å². The van der Waals surface area contributed by atoms with Gasteiger partial charge in [-0.25, -0.2) is 9.18 Å². The van der Waals surface area contributed by atoms with Gasteiger partial charge in [-0.15, -0.1) is 0 Å². The molecule has 1 N–H and O–H groups in total. The zero-order valence-electron chi connectivity index (χ0n) is 9.43. The van der Waals surface area contributed by atoms with Gasteiger partial charge in [-0.1, -0.05) is 0 Å². The molecule has 0 radical (unpaired) electrons. The molecule has 0 fully saturated rings. The third kappa shape index (κ3) is 3.55. The number of benzene rings is 1. The number of rotatable bonds is 5. The summed E-state index contributed by atoms with van der Waals surface area (Å²) >= 11 is 0. The van der Waals surface area contributed by atoms with E-state index in [1.54, 1.807) is 0 Å². The van der Waals surface area contributed by atoms with Crippen molar-refractivity contribution in [1.82, 2.24) is 4.90 Å². The first kappa shape index (κ1) is 13.6. The van der Waals surface area contributed by atoms with Crippen molar-refractivity contribution in [2.45, 2.75) is 6.54 Å². The fourth-order valence-electron chi connectivity index (χ4n) is 1.44. The van der Waals surface area contributed by atoms with Crippen molar-refractivity contribution in [2.24, 2.45) is 0 Å². The van der Waals surface area contributed by atoms with E-state index < -0.39 is 11.8 Å².